The highest BCUT2D eigenvalue weighted by Crippen LogP contribution is 2.33. The highest BCUT2D eigenvalue weighted by Gasteiger charge is 2.16. The standard InChI is InChI=1S/C18H18ClN3O2S/c1-18(2,3)24-17(23)21-9-12-8-11(6-7-20-12)13-10-25-14-4-5-15(19)22-16(13)14/h4-8,10H,9H2,1-3H3,(H,21,23). The summed E-state index contributed by atoms with van der Waals surface area (Å²) in [6.45, 7) is 5.76. The van der Waals surface area contributed by atoms with E-state index in [1.807, 2.05) is 39.0 Å². The minimum absolute atomic E-state index is 0.291. The van der Waals surface area contributed by atoms with E-state index in [4.69, 9.17) is 16.3 Å². The van der Waals surface area contributed by atoms with Crippen molar-refractivity contribution < 1.29 is 9.53 Å². The molecular formula is C18H18ClN3O2S. The maximum Gasteiger partial charge on any atom is 0.407 e. The van der Waals surface area contributed by atoms with E-state index in [0.717, 1.165) is 27.0 Å². The molecule has 0 atom stereocenters. The molecule has 0 aromatic carbocycles. The van der Waals surface area contributed by atoms with Crippen LogP contribution >= 0.6 is 22.9 Å². The van der Waals surface area contributed by atoms with Crippen LogP contribution in [0, 0.1) is 0 Å². The van der Waals surface area contributed by atoms with Gasteiger partial charge in [-0.25, -0.2) is 9.78 Å². The third-order valence-corrected chi connectivity index (χ3v) is 4.47. The van der Waals surface area contributed by atoms with Crippen molar-refractivity contribution in [1.82, 2.24) is 15.3 Å². The number of rotatable bonds is 3. The number of carbonyl (C=O) groups excluding carboxylic acids is 1. The minimum Gasteiger partial charge on any atom is -0.444 e. The van der Waals surface area contributed by atoms with Crippen LogP contribution in [0.3, 0.4) is 0 Å². The van der Waals surface area contributed by atoms with Gasteiger partial charge in [-0.2, -0.15) is 0 Å². The predicted molar refractivity (Wildman–Crippen MR) is 101 cm³/mol. The lowest BCUT2D eigenvalue weighted by molar-refractivity contribution is 0.0523. The Morgan fingerprint density at radius 2 is 2.12 bits per heavy atom. The van der Waals surface area contributed by atoms with Crippen molar-refractivity contribution in [3.8, 4) is 11.1 Å². The van der Waals surface area contributed by atoms with Crippen molar-refractivity contribution in [2.45, 2.75) is 32.9 Å². The number of hydrogen-bond acceptors (Lipinski definition) is 5. The second kappa shape index (κ2) is 6.98. The van der Waals surface area contributed by atoms with Crippen molar-refractivity contribution in [1.29, 1.82) is 0 Å². The molecule has 0 saturated carbocycles. The fourth-order valence-corrected chi connectivity index (χ4v) is 3.37. The molecule has 0 spiro atoms. The Morgan fingerprint density at radius 1 is 1.32 bits per heavy atom. The van der Waals surface area contributed by atoms with Gasteiger partial charge in [0.2, 0.25) is 0 Å². The SMILES string of the molecule is CC(C)(C)OC(=O)NCc1cc(-c2csc3ccc(Cl)nc23)ccn1. The van der Waals surface area contributed by atoms with Crippen LogP contribution in [0.1, 0.15) is 26.5 Å². The first-order chi connectivity index (χ1) is 11.8. The molecule has 0 radical (unpaired) electrons. The zero-order chi connectivity index (χ0) is 18.0. The normalized spacial score (nSPS) is 11.5. The third kappa shape index (κ3) is 4.46. The number of thiophene rings is 1. The molecule has 0 aliphatic heterocycles. The van der Waals surface area contributed by atoms with Crippen LogP contribution in [0.15, 0.2) is 35.8 Å². The summed E-state index contributed by atoms with van der Waals surface area (Å²) in [5.74, 6) is 0. The zero-order valence-corrected chi connectivity index (χ0v) is 15.7. The molecule has 3 aromatic rings. The number of hydrogen-bond donors (Lipinski definition) is 1. The van der Waals surface area contributed by atoms with Crippen LogP contribution < -0.4 is 5.32 Å². The zero-order valence-electron chi connectivity index (χ0n) is 14.2. The molecule has 3 heterocycles. The summed E-state index contributed by atoms with van der Waals surface area (Å²) in [7, 11) is 0. The minimum atomic E-state index is -0.528. The molecule has 0 aliphatic carbocycles. The van der Waals surface area contributed by atoms with Crippen LogP contribution in [-0.4, -0.2) is 21.7 Å². The Labute approximate surface area is 155 Å². The molecule has 1 amide bonds. The van der Waals surface area contributed by atoms with Crippen molar-refractivity contribution in [3.05, 3.63) is 46.7 Å². The fourth-order valence-electron chi connectivity index (χ4n) is 2.31. The fraction of sp³-hybridized carbons (Fsp3) is 0.278. The van der Waals surface area contributed by atoms with E-state index in [1.165, 1.54) is 0 Å². The average molecular weight is 376 g/mol. The van der Waals surface area contributed by atoms with Gasteiger partial charge >= 0.3 is 6.09 Å². The highest BCUT2D eigenvalue weighted by atomic mass is 35.5. The third-order valence-electron chi connectivity index (χ3n) is 3.32. The predicted octanol–water partition coefficient (Wildman–Crippen LogP) is 5.04. The molecule has 5 nitrogen and oxygen atoms in total. The molecule has 7 heteroatoms. The first-order valence-corrected chi connectivity index (χ1v) is 9.03. The topological polar surface area (TPSA) is 64.1 Å². The summed E-state index contributed by atoms with van der Waals surface area (Å²) in [6.07, 6.45) is 1.25. The first-order valence-electron chi connectivity index (χ1n) is 7.78. The van der Waals surface area contributed by atoms with Gasteiger partial charge in [0.25, 0.3) is 0 Å². The number of carbonyl (C=O) groups is 1. The summed E-state index contributed by atoms with van der Waals surface area (Å²) in [6, 6.07) is 7.60. The van der Waals surface area contributed by atoms with Gasteiger partial charge in [-0.05, 0) is 50.6 Å². The van der Waals surface area contributed by atoms with Gasteiger partial charge in [0.1, 0.15) is 10.8 Å². The number of halogens is 1. The van der Waals surface area contributed by atoms with E-state index in [0.29, 0.717) is 11.7 Å². The number of nitrogens with zero attached hydrogens (tertiary/aromatic N) is 2. The molecule has 3 rings (SSSR count). The summed E-state index contributed by atoms with van der Waals surface area (Å²) >= 11 is 7.64. The van der Waals surface area contributed by atoms with Gasteiger partial charge in [0.15, 0.2) is 0 Å². The Bertz CT molecular complexity index is 918. The van der Waals surface area contributed by atoms with Gasteiger partial charge in [-0.15, -0.1) is 11.3 Å². The molecule has 25 heavy (non-hydrogen) atoms. The molecule has 0 bridgehead atoms. The van der Waals surface area contributed by atoms with Crippen LogP contribution in [0.25, 0.3) is 21.3 Å². The Hall–Kier alpha value is -2.18. The van der Waals surface area contributed by atoms with Gasteiger partial charge in [0, 0.05) is 17.1 Å². The molecule has 0 unspecified atom stereocenters. The van der Waals surface area contributed by atoms with Crippen molar-refractivity contribution in [3.63, 3.8) is 0 Å². The maximum atomic E-state index is 11.8. The van der Waals surface area contributed by atoms with Gasteiger partial charge in [-0.3, -0.25) is 4.98 Å². The summed E-state index contributed by atoms with van der Waals surface area (Å²) in [5, 5.41) is 5.23. The van der Waals surface area contributed by atoms with Gasteiger partial charge < -0.3 is 10.1 Å². The summed E-state index contributed by atoms with van der Waals surface area (Å²) in [5.41, 5.74) is 3.07. The number of pyridine rings is 2. The Kier molecular flexibility index (Phi) is 4.92. The lowest BCUT2D eigenvalue weighted by atomic mass is 10.1. The first kappa shape index (κ1) is 17.6. The molecular weight excluding hydrogens is 358 g/mol. The van der Waals surface area contributed by atoms with Crippen molar-refractivity contribution >= 4 is 39.2 Å². The largest absolute Gasteiger partial charge is 0.444 e. The van der Waals surface area contributed by atoms with Crippen LogP contribution in [0.2, 0.25) is 5.15 Å². The second-order valence-electron chi connectivity index (χ2n) is 6.52. The smallest absolute Gasteiger partial charge is 0.407 e. The van der Waals surface area contributed by atoms with E-state index in [-0.39, 0.29) is 0 Å². The lowest BCUT2D eigenvalue weighted by Crippen LogP contribution is -2.32. The maximum absolute atomic E-state index is 11.8. The van der Waals surface area contributed by atoms with Crippen LogP contribution in [0.4, 0.5) is 4.79 Å². The molecule has 0 saturated heterocycles. The molecule has 0 aliphatic rings. The Morgan fingerprint density at radius 3 is 2.88 bits per heavy atom. The molecule has 0 fully saturated rings. The molecule has 3 aromatic heterocycles. The number of amides is 1. The van der Waals surface area contributed by atoms with E-state index < -0.39 is 11.7 Å². The van der Waals surface area contributed by atoms with E-state index >= 15 is 0 Å². The van der Waals surface area contributed by atoms with Gasteiger partial charge in [0.05, 0.1) is 22.5 Å². The number of alkyl carbamates (subject to hydrolysis) is 1. The van der Waals surface area contributed by atoms with Crippen LogP contribution in [-0.2, 0) is 11.3 Å². The summed E-state index contributed by atoms with van der Waals surface area (Å²) < 4.78 is 6.31. The van der Waals surface area contributed by atoms with Crippen LogP contribution in [0.5, 0.6) is 0 Å². The van der Waals surface area contributed by atoms with E-state index in [9.17, 15) is 4.79 Å². The number of ether oxygens (including phenoxy) is 1. The molecule has 1 N–H and O–H groups in total. The Balaban J connectivity index is 1.79. The number of fused-ring (bicyclic) bond motifs is 1. The van der Waals surface area contributed by atoms with Gasteiger partial charge in [-0.1, -0.05) is 11.6 Å². The van der Waals surface area contributed by atoms with Crippen molar-refractivity contribution in [2.24, 2.45) is 0 Å². The monoisotopic (exact) mass is 375 g/mol. The molecule has 130 valence electrons. The quantitative estimate of drug-likeness (QED) is 0.651. The number of nitrogens with one attached hydrogen (secondary N) is 1. The second-order valence-corrected chi connectivity index (χ2v) is 7.82. The summed E-state index contributed by atoms with van der Waals surface area (Å²) in [4.78, 5) is 20.5. The average Bonchev–Trinajstić information content (AvgIpc) is 2.94. The highest BCUT2D eigenvalue weighted by molar-refractivity contribution is 7.17. The lowest BCUT2D eigenvalue weighted by Gasteiger charge is -2.19. The van der Waals surface area contributed by atoms with E-state index in [1.54, 1.807) is 23.6 Å². The number of aromatic nitrogens is 2. The van der Waals surface area contributed by atoms with E-state index in [2.05, 4.69) is 20.7 Å². The van der Waals surface area contributed by atoms with Crippen molar-refractivity contribution in [2.75, 3.05) is 0 Å².